The van der Waals surface area contributed by atoms with E-state index in [4.69, 9.17) is 5.11 Å². The average molecular weight is 293 g/mol. The summed E-state index contributed by atoms with van der Waals surface area (Å²) in [7, 11) is 0. The molecule has 0 radical (unpaired) electrons. The van der Waals surface area contributed by atoms with Crippen LogP contribution < -0.4 is 0 Å². The number of rotatable bonds is 5. The number of halogens is 2. The number of hydrogen-bond donors (Lipinski definition) is 1. The zero-order valence-electron chi connectivity index (χ0n) is 7.87. The first-order chi connectivity index (χ1) is 7.08. The molecular weight excluding hydrogens is 283 g/mol. The van der Waals surface area contributed by atoms with Crippen LogP contribution in [0.4, 0.5) is 4.39 Å². The molecule has 1 rings (SSSR count). The monoisotopic (exact) mass is 292 g/mol. The summed E-state index contributed by atoms with van der Waals surface area (Å²) in [6, 6.07) is 4.68. The van der Waals surface area contributed by atoms with Crippen LogP contribution in [0, 0.1) is 5.82 Å². The minimum absolute atomic E-state index is 0.140. The number of aliphatic carboxylic acids is 1. The Morgan fingerprint density at radius 1 is 1.47 bits per heavy atom. The third kappa shape index (κ3) is 5.18. The van der Waals surface area contributed by atoms with Crippen molar-refractivity contribution in [2.75, 3.05) is 5.75 Å². The van der Waals surface area contributed by atoms with E-state index < -0.39 is 5.97 Å². The molecule has 1 aromatic carbocycles. The molecule has 0 aliphatic carbocycles. The second-order valence-electron chi connectivity index (χ2n) is 2.97. The van der Waals surface area contributed by atoms with Gasteiger partial charge in [0.15, 0.2) is 0 Å². The lowest BCUT2D eigenvalue weighted by atomic mass is 10.2. The lowest BCUT2D eigenvalue weighted by Gasteiger charge is -2.02. The van der Waals surface area contributed by atoms with E-state index in [0.29, 0.717) is 16.0 Å². The highest BCUT2D eigenvalue weighted by Crippen LogP contribution is 2.19. The molecule has 0 bridgehead atoms. The van der Waals surface area contributed by atoms with Gasteiger partial charge in [-0.1, -0.05) is 15.9 Å². The quantitative estimate of drug-likeness (QED) is 0.846. The summed E-state index contributed by atoms with van der Waals surface area (Å²) in [5.74, 6) is 0.0914. The molecule has 0 saturated heterocycles. The van der Waals surface area contributed by atoms with Crippen LogP contribution in [0.3, 0.4) is 0 Å². The Kier molecular flexibility index (Phi) is 5.11. The Hall–Kier alpha value is -0.550. The van der Waals surface area contributed by atoms with Crippen molar-refractivity contribution in [2.24, 2.45) is 0 Å². The molecule has 0 unspecified atom stereocenters. The smallest absolute Gasteiger partial charge is 0.304 e. The molecule has 0 atom stereocenters. The van der Waals surface area contributed by atoms with Crippen molar-refractivity contribution < 1.29 is 14.3 Å². The van der Waals surface area contributed by atoms with Crippen LogP contribution in [0.2, 0.25) is 0 Å². The summed E-state index contributed by atoms with van der Waals surface area (Å²) in [6.07, 6.45) is 0.140. The number of carboxylic acid groups (broad SMARTS) is 1. The molecule has 0 amide bonds. The molecule has 15 heavy (non-hydrogen) atoms. The summed E-state index contributed by atoms with van der Waals surface area (Å²) in [4.78, 5) is 10.2. The van der Waals surface area contributed by atoms with Gasteiger partial charge in [0, 0.05) is 16.0 Å². The Labute approximate surface area is 100 Å². The maximum atomic E-state index is 12.9. The second kappa shape index (κ2) is 6.12. The lowest BCUT2D eigenvalue weighted by molar-refractivity contribution is -0.136. The second-order valence-corrected chi connectivity index (χ2v) is 4.99. The largest absolute Gasteiger partial charge is 0.481 e. The third-order valence-corrected chi connectivity index (χ3v) is 3.14. The first-order valence-corrected chi connectivity index (χ1v) is 6.27. The van der Waals surface area contributed by atoms with Gasteiger partial charge < -0.3 is 5.11 Å². The van der Waals surface area contributed by atoms with E-state index >= 15 is 0 Å². The topological polar surface area (TPSA) is 37.3 Å². The van der Waals surface area contributed by atoms with E-state index in [-0.39, 0.29) is 12.2 Å². The molecule has 0 saturated carbocycles. The minimum Gasteiger partial charge on any atom is -0.481 e. The van der Waals surface area contributed by atoms with Gasteiger partial charge in [-0.25, -0.2) is 4.39 Å². The van der Waals surface area contributed by atoms with Gasteiger partial charge in [0.25, 0.3) is 0 Å². The number of thioether (sulfide) groups is 1. The standard InChI is InChI=1S/C10H10BrFO2S/c11-8-3-7(4-9(12)5-8)6-15-2-1-10(13)14/h3-5H,1-2,6H2,(H,13,14). The third-order valence-electron chi connectivity index (χ3n) is 1.65. The highest BCUT2D eigenvalue weighted by molar-refractivity contribution is 9.10. The van der Waals surface area contributed by atoms with Crippen LogP contribution in [-0.2, 0) is 10.5 Å². The zero-order valence-corrected chi connectivity index (χ0v) is 10.3. The summed E-state index contributed by atoms with van der Waals surface area (Å²) in [5.41, 5.74) is 0.859. The molecule has 2 nitrogen and oxygen atoms in total. The van der Waals surface area contributed by atoms with E-state index in [9.17, 15) is 9.18 Å². The van der Waals surface area contributed by atoms with Gasteiger partial charge in [-0.15, -0.1) is 0 Å². The Morgan fingerprint density at radius 2 is 2.20 bits per heavy atom. The molecule has 82 valence electrons. The van der Waals surface area contributed by atoms with Gasteiger partial charge in [-0.05, 0) is 23.8 Å². The average Bonchev–Trinajstić information content (AvgIpc) is 2.10. The number of benzene rings is 1. The van der Waals surface area contributed by atoms with Crippen molar-refractivity contribution in [3.8, 4) is 0 Å². The van der Waals surface area contributed by atoms with Crippen LogP contribution in [0.1, 0.15) is 12.0 Å². The fourth-order valence-electron chi connectivity index (χ4n) is 1.04. The van der Waals surface area contributed by atoms with Crippen LogP contribution in [0.15, 0.2) is 22.7 Å². The molecule has 0 spiro atoms. The highest BCUT2D eigenvalue weighted by atomic mass is 79.9. The van der Waals surface area contributed by atoms with Gasteiger partial charge in [-0.3, -0.25) is 4.79 Å². The molecule has 0 aliphatic heterocycles. The normalized spacial score (nSPS) is 10.3. The van der Waals surface area contributed by atoms with E-state index in [1.807, 2.05) is 6.07 Å². The molecular formula is C10H10BrFO2S. The number of carbonyl (C=O) groups is 1. The fourth-order valence-corrected chi connectivity index (χ4v) is 2.42. The van der Waals surface area contributed by atoms with Crippen LogP contribution in [0.25, 0.3) is 0 Å². The maximum absolute atomic E-state index is 12.9. The number of carboxylic acids is 1. The summed E-state index contributed by atoms with van der Waals surface area (Å²) in [6.45, 7) is 0. The van der Waals surface area contributed by atoms with E-state index in [1.54, 1.807) is 0 Å². The first-order valence-electron chi connectivity index (χ1n) is 4.32. The predicted molar refractivity (Wildman–Crippen MR) is 62.5 cm³/mol. The van der Waals surface area contributed by atoms with Crippen LogP contribution in [-0.4, -0.2) is 16.8 Å². The van der Waals surface area contributed by atoms with Crippen molar-refractivity contribution >= 4 is 33.7 Å². The predicted octanol–water partition coefficient (Wildman–Crippen LogP) is 3.30. The molecule has 1 N–H and O–H groups in total. The lowest BCUT2D eigenvalue weighted by Crippen LogP contribution is -1.96. The van der Waals surface area contributed by atoms with Crippen LogP contribution in [0.5, 0.6) is 0 Å². The maximum Gasteiger partial charge on any atom is 0.304 e. The van der Waals surface area contributed by atoms with Gasteiger partial charge in [0.05, 0.1) is 6.42 Å². The van der Waals surface area contributed by atoms with E-state index in [0.717, 1.165) is 5.56 Å². The fraction of sp³-hybridized carbons (Fsp3) is 0.300. The first kappa shape index (κ1) is 12.5. The molecule has 1 aromatic rings. The minimum atomic E-state index is -0.803. The van der Waals surface area contributed by atoms with Crippen molar-refractivity contribution in [1.29, 1.82) is 0 Å². The van der Waals surface area contributed by atoms with E-state index in [1.165, 1.54) is 23.9 Å². The Balaban J connectivity index is 2.40. The van der Waals surface area contributed by atoms with Gasteiger partial charge in [0.1, 0.15) is 5.82 Å². The van der Waals surface area contributed by atoms with Gasteiger partial charge in [0.2, 0.25) is 0 Å². The van der Waals surface area contributed by atoms with Crippen molar-refractivity contribution in [3.05, 3.63) is 34.1 Å². The summed E-state index contributed by atoms with van der Waals surface area (Å²) >= 11 is 4.69. The highest BCUT2D eigenvalue weighted by Gasteiger charge is 2.01. The van der Waals surface area contributed by atoms with E-state index in [2.05, 4.69) is 15.9 Å². The summed E-state index contributed by atoms with van der Waals surface area (Å²) < 4.78 is 13.6. The van der Waals surface area contributed by atoms with Crippen molar-refractivity contribution in [1.82, 2.24) is 0 Å². The SMILES string of the molecule is O=C(O)CCSCc1cc(F)cc(Br)c1. The Morgan fingerprint density at radius 3 is 2.80 bits per heavy atom. The molecule has 0 aromatic heterocycles. The molecule has 5 heteroatoms. The summed E-state index contributed by atoms with van der Waals surface area (Å²) in [5, 5.41) is 8.42. The van der Waals surface area contributed by atoms with Gasteiger partial charge in [-0.2, -0.15) is 11.8 Å². The molecule has 0 heterocycles. The van der Waals surface area contributed by atoms with Crippen molar-refractivity contribution in [3.63, 3.8) is 0 Å². The molecule has 0 aliphatic rings. The number of hydrogen-bond acceptors (Lipinski definition) is 2. The molecule has 0 fully saturated rings. The Bertz CT molecular complexity index is 337. The van der Waals surface area contributed by atoms with Gasteiger partial charge >= 0.3 is 5.97 Å². The zero-order chi connectivity index (χ0) is 11.3. The van der Waals surface area contributed by atoms with Crippen molar-refractivity contribution in [2.45, 2.75) is 12.2 Å². The van der Waals surface area contributed by atoms with Crippen LogP contribution >= 0.6 is 27.7 Å².